The second-order valence-electron chi connectivity index (χ2n) is 11.5. The highest BCUT2D eigenvalue weighted by atomic mass is 16.3. The van der Waals surface area contributed by atoms with Gasteiger partial charge in [0.2, 0.25) is 0 Å². The van der Waals surface area contributed by atoms with Crippen molar-refractivity contribution in [1.29, 1.82) is 0 Å². The Morgan fingerprint density at radius 1 is 1.09 bits per heavy atom. The second kappa shape index (κ2) is 8.60. The van der Waals surface area contributed by atoms with Crippen LogP contribution in [0.4, 0.5) is 0 Å². The van der Waals surface area contributed by atoms with Gasteiger partial charge in [-0.05, 0) is 98.1 Å². The average molecular weight is 473 g/mol. The number of aliphatic hydroxyl groups excluding tert-OH is 1. The van der Waals surface area contributed by atoms with Crippen LogP contribution < -0.4 is 0 Å². The molecule has 184 valence electrons. The number of allylic oxidation sites excluding steroid dienone is 4. The molecule has 4 aliphatic carbocycles. The summed E-state index contributed by atoms with van der Waals surface area (Å²) < 4.78 is 5.61. The van der Waals surface area contributed by atoms with Crippen molar-refractivity contribution in [2.75, 3.05) is 6.61 Å². The topological polar surface area (TPSA) is 70.7 Å². The minimum Gasteiger partial charge on any atom is -0.464 e. The van der Waals surface area contributed by atoms with Gasteiger partial charge in [-0.15, -0.1) is 0 Å². The van der Waals surface area contributed by atoms with Crippen LogP contribution in [0.15, 0.2) is 69.9 Å². The van der Waals surface area contributed by atoms with E-state index in [1.165, 1.54) is 16.7 Å². The largest absolute Gasteiger partial charge is 0.464 e. The molecule has 4 aliphatic rings. The summed E-state index contributed by atoms with van der Waals surface area (Å²) in [4.78, 5) is 12.2. The molecule has 2 fully saturated rings. The van der Waals surface area contributed by atoms with E-state index in [-0.39, 0.29) is 23.7 Å². The van der Waals surface area contributed by atoms with Crippen molar-refractivity contribution in [2.45, 2.75) is 76.2 Å². The minimum atomic E-state index is -0.735. The van der Waals surface area contributed by atoms with Gasteiger partial charge in [-0.2, -0.15) is 0 Å². The molecule has 2 saturated carbocycles. The van der Waals surface area contributed by atoms with Gasteiger partial charge in [-0.1, -0.05) is 36.8 Å². The highest BCUT2D eigenvalue weighted by Crippen LogP contribution is 2.67. The molecule has 1 aromatic carbocycles. The number of hydrogen-bond donors (Lipinski definition) is 2. The van der Waals surface area contributed by atoms with E-state index in [1.54, 1.807) is 11.8 Å². The predicted octanol–water partition coefficient (Wildman–Crippen LogP) is 6.35. The Hall–Kier alpha value is -2.43. The van der Waals surface area contributed by atoms with Gasteiger partial charge in [0.05, 0.1) is 11.9 Å². The number of carbonyl (C=O) groups is 1. The van der Waals surface area contributed by atoms with Crippen molar-refractivity contribution in [3.63, 3.8) is 0 Å². The van der Waals surface area contributed by atoms with E-state index in [2.05, 4.69) is 31.2 Å². The Balaban J connectivity index is 1.46. The lowest BCUT2D eigenvalue weighted by Crippen LogP contribution is -2.51. The summed E-state index contributed by atoms with van der Waals surface area (Å²) in [7, 11) is 0. The summed E-state index contributed by atoms with van der Waals surface area (Å²) >= 11 is 0. The van der Waals surface area contributed by atoms with Crippen molar-refractivity contribution in [2.24, 2.45) is 17.3 Å². The Labute approximate surface area is 207 Å². The van der Waals surface area contributed by atoms with Gasteiger partial charge in [-0.25, -0.2) is 0 Å². The highest BCUT2D eigenvalue weighted by Gasteiger charge is 2.62. The standard InChI is InChI=1S/C31H36O4/c1-30-19-26(20-5-7-21(8-6-20)28-4-2-17-35-28)29-24-12-10-23(33)18-22(24)9-11-25(29)27(30)13-15-31(30,34)14-3-16-32/h2,4-8,17-18,25-27,32,34H,3,9-16,19H2,1H3/t25-,26+,27-,30+,31+/m0/s1. The van der Waals surface area contributed by atoms with Crippen LogP contribution in [-0.4, -0.2) is 28.2 Å². The fourth-order valence-electron chi connectivity index (χ4n) is 8.16. The molecule has 35 heavy (non-hydrogen) atoms. The molecule has 1 heterocycles. The molecular weight excluding hydrogens is 436 g/mol. The molecule has 0 saturated heterocycles. The van der Waals surface area contributed by atoms with Gasteiger partial charge < -0.3 is 14.6 Å². The zero-order chi connectivity index (χ0) is 24.2. The molecule has 0 aliphatic heterocycles. The first-order valence-electron chi connectivity index (χ1n) is 13.4. The van der Waals surface area contributed by atoms with Gasteiger partial charge in [0.1, 0.15) is 5.76 Å². The Kier molecular flexibility index (Phi) is 5.65. The Morgan fingerprint density at radius 3 is 2.66 bits per heavy atom. The summed E-state index contributed by atoms with van der Waals surface area (Å²) in [6.07, 6.45) is 11.2. The van der Waals surface area contributed by atoms with Crippen LogP contribution in [0.3, 0.4) is 0 Å². The molecule has 5 atom stereocenters. The predicted molar refractivity (Wildman–Crippen MR) is 136 cm³/mol. The van der Waals surface area contributed by atoms with Gasteiger partial charge >= 0.3 is 0 Å². The number of hydrogen-bond acceptors (Lipinski definition) is 4. The number of fused-ring (bicyclic) bond motifs is 4. The van der Waals surface area contributed by atoms with Gasteiger partial charge in [0, 0.05) is 29.9 Å². The van der Waals surface area contributed by atoms with Gasteiger partial charge in [0.15, 0.2) is 5.78 Å². The summed E-state index contributed by atoms with van der Waals surface area (Å²) in [5.41, 5.74) is 5.70. The molecular formula is C31H36O4. The molecule has 0 radical (unpaired) electrons. The van der Waals surface area contributed by atoms with Crippen LogP contribution in [0.25, 0.3) is 11.3 Å². The van der Waals surface area contributed by atoms with E-state index >= 15 is 0 Å². The summed E-state index contributed by atoms with van der Waals surface area (Å²) in [5, 5.41) is 21.5. The Bertz CT molecular complexity index is 1170. The first-order chi connectivity index (χ1) is 16.9. The van der Waals surface area contributed by atoms with Crippen LogP contribution in [0, 0.1) is 17.3 Å². The lowest BCUT2D eigenvalue weighted by molar-refractivity contribution is -0.114. The maximum Gasteiger partial charge on any atom is 0.156 e. The average Bonchev–Trinajstić information content (AvgIpc) is 3.49. The third-order valence-electron chi connectivity index (χ3n) is 9.92. The summed E-state index contributed by atoms with van der Waals surface area (Å²) in [6, 6.07) is 12.7. The first kappa shape index (κ1) is 23.0. The number of benzene rings is 1. The van der Waals surface area contributed by atoms with Crippen molar-refractivity contribution >= 4 is 5.78 Å². The molecule has 4 heteroatoms. The minimum absolute atomic E-state index is 0.127. The quantitative estimate of drug-likeness (QED) is 0.532. The van der Waals surface area contributed by atoms with Gasteiger partial charge in [-0.3, -0.25) is 4.79 Å². The zero-order valence-electron chi connectivity index (χ0n) is 20.6. The van der Waals surface area contributed by atoms with E-state index in [4.69, 9.17) is 4.42 Å². The van der Waals surface area contributed by atoms with E-state index < -0.39 is 5.60 Å². The maximum absolute atomic E-state index is 12.2. The van der Waals surface area contributed by atoms with Crippen molar-refractivity contribution in [1.82, 2.24) is 0 Å². The SMILES string of the molecule is C[C@@]12C[C@H](c3ccc(-c4ccco4)cc3)C3=C4CCC(=O)C=C4CC[C@H]3[C@@H]1CC[C@]2(O)CCCO. The molecule has 0 amide bonds. The zero-order valence-corrected chi connectivity index (χ0v) is 20.6. The van der Waals surface area contributed by atoms with E-state index in [9.17, 15) is 15.0 Å². The molecule has 2 N–H and O–H groups in total. The van der Waals surface area contributed by atoms with Crippen LogP contribution in [0.5, 0.6) is 0 Å². The molecule has 0 spiro atoms. The number of ketones is 1. The molecule has 4 nitrogen and oxygen atoms in total. The third-order valence-corrected chi connectivity index (χ3v) is 9.92. The second-order valence-corrected chi connectivity index (χ2v) is 11.5. The van der Waals surface area contributed by atoms with Crippen molar-refractivity contribution in [3.05, 3.63) is 71.0 Å². The van der Waals surface area contributed by atoms with E-state index in [0.717, 1.165) is 49.8 Å². The highest BCUT2D eigenvalue weighted by molar-refractivity contribution is 5.93. The summed E-state index contributed by atoms with van der Waals surface area (Å²) in [6.45, 7) is 2.45. The fourth-order valence-corrected chi connectivity index (χ4v) is 8.16. The third kappa shape index (κ3) is 3.60. The number of rotatable bonds is 5. The van der Waals surface area contributed by atoms with E-state index in [1.807, 2.05) is 18.2 Å². The van der Waals surface area contributed by atoms with Crippen LogP contribution in [0.1, 0.15) is 76.2 Å². The number of carbonyl (C=O) groups excluding carboxylic acids is 1. The fraction of sp³-hybridized carbons (Fsp3) is 0.516. The smallest absolute Gasteiger partial charge is 0.156 e. The van der Waals surface area contributed by atoms with Crippen LogP contribution in [-0.2, 0) is 4.79 Å². The van der Waals surface area contributed by atoms with Crippen LogP contribution >= 0.6 is 0 Å². The molecule has 2 aromatic rings. The molecule has 6 rings (SSSR count). The maximum atomic E-state index is 12.2. The monoisotopic (exact) mass is 472 g/mol. The first-order valence-corrected chi connectivity index (χ1v) is 13.4. The van der Waals surface area contributed by atoms with Gasteiger partial charge in [0.25, 0.3) is 0 Å². The van der Waals surface area contributed by atoms with Crippen LogP contribution in [0.2, 0.25) is 0 Å². The van der Waals surface area contributed by atoms with E-state index in [0.29, 0.717) is 31.1 Å². The molecule has 0 bridgehead atoms. The summed E-state index contributed by atoms with van der Waals surface area (Å²) in [5.74, 6) is 2.27. The number of aliphatic hydroxyl groups is 2. The number of furan rings is 1. The Morgan fingerprint density at radius 2 is 1.91 bits per heavy atom. The lowest BCUT2D eigenvalue weighted by Gasteiger charge is -2.55. The normalized spacial score (nSPS) is 34.3. The molecule has 1 aromatic heterocycles. The van der Waals surface area contributed by atoms with Crippen molar-refractivity contribution in [3.8, 4) is 11.3 Å². The molecule has 0 unspecified atom stereocenters. The van der Waals surface area contributed by atoms with Crippen molar-refractivity contribution < 1.29 is 19.4 Å². The lowest BCUT2D eigenvalue weighted by atomic mass is 9.51.